The molecule has 0 N–H and O–H groups in total. The van der Waals surface area contributed by atoms with Gasteiger partial charge in [-0.3, -0.25) is 0 Å². The first kappa shape index (κ1) is 13.8. The second-order valence-corrected chi connectivity index (χ2v) is 17.6. The van der Waals surface area contributed by atoms with E-state index in [9.17, 15) is 0 Å². The highest BCUT2D eigenvalue weighted by atomic mass is 28.3. The quantitative estimate of drug-likeness (QED) is 0.624. The van der Waals surface area contributed by atoms with Gasteiger partial charge < -0.3 is 9.13 Å². The van der Waals surface area contributed by atoms with E-state index in [0.29, 0.717) is 5.41 Å². The molecule has 0 unspecified atom stereocenters. The number of hydrogen-bond donors (Lipinski definition) is 0. The van der Waals surface area contributed by atoms with Gasteiger partial charge in [-0.1, -0.05) is 26.2 Å². The van der Waals surface area contributed by atoms with Crippen LogP contribution in [0.1, 0.15) is 12.8 Å². The van der Waals surface area contributed by atoms with Crippen LogP contribution in [0.2, 0.25) is 38.3 Å². The van der Waals surface area contributed by atoms with Crippen LogP contribution in [0.4, 0.5) is 0 Å². The molecule has 0 amide bonds. The van der Waals surface area contributed by atoms with E-state index >= 15 is 0 Å². The minimum Gasteiger partial charge on any atom is -0.326 e. The molecule has 2 heterocycles. The Morgan fingerprint density at radius 1 is 0.765 bits per heavy atom. The minimum absolute atomic E-state index is 0.633. The molecule has 0 aliphatic carbocycles. The zero-order chi connectivity index (χ0) is 12.9. The van der Waals surface area contributed by atoms with E-state index in [0.717, 1.165) is 0 Å². The smallest absolute Gasteiger partial charge is 0.121 e. The predicted molar refractivity (Wildman–Crippen MR) is 81.5 cm³/mol. The lowest BCUT2D eigenvalue weighted by atomic mass is 9.81. The van der Waals surface area contributed by atoms with Gasteiger partial charge in [-0.25, -0.2) is 0 Å². The summed E-state index contributed by atoms with van der Waals surface area (Å²) >= 11 is 0. The Hall–Kier alpha value is 0.354. The van der Waals surface area contributed by atoms with Gasteiger partial charge in [-0.05, 0) is 57.5 Å². The molecular weight excluding hydrogens is 240 g/mol. The molecule has 2 saturated heterocycles. The fraction of sp³-hybridized carbons (Fsp3) is 1.00. The number of nitrogens with zero attached hydrogens (tertiary/aromatic N) is 2. The molecule has 0 saturated carbocycles. The van der Waals surface area contributed by atoms with Crippen molar-refractivity contribution >= 4 is 16.5 Å². The Balaban J connectivity index is 2.09. The van der Waals surface area contributed by atoms with Crippen LogP contribution in [0.25, 0.3) is 0 Å². The molecule has 0 aromatic heterocycles. The Morgan fingerprint density at radius 2 is 1.12 bits per heavy atom. The third kappa shape index (κ3) is 2.55. The van der Waals surface area contributed by atoms with E-state index in [1.807, 2.05) is 0 Å². The Bertz CT molecular complexity index is 272. The first-order valence-corrected chi connectivity index (χ1v) is 13.4. The SMILES string of the molecule is CN1CC2(CC[Si]1(C)C)CC[Si](C)(C)N(C)C2. The molecule has 17 heavy (non-hydrogen) atoms. The lowest BCUT2D eigenvalue weighted by Gasteiger charge is -2.55. The summed E-state index contributed by atoms with van der Waals surface area (Å²) in [5.41, 5.74) is 0.633. The second kappa shape index (κ2) is 4.18. The predicted octanol–water partition coefficient (Wildman–Crippen LogP) is 3.05. The van der Waals surface area contributed by atoms with Crippen molar-refractivity contribution in [3.05, 3.63) is 0 Å². The van der Waals surface area contributed by atoms with Crippen molar-refractivity contribution in [2.45, 2.75) is 51.1 Å². The van der Waals surface area contributed by atoms with Gasteiger partial charge in [0.05, 0.1) is 0 Å². The summed E-state index contributed by atoms with van der Waals surface area (Å²) in [6.45, 7) is 12.9. The molecule has 2 nitrogen and oxygen atoms in total. The summed E-state index contributed by atoms with van der Waals surface area (Å²) < 4.78 is 5.48. The molecule has 2 aliphatic heterocycles. The maximum Gasteiger partial charge on any atom is 0.121 e. The van der Waals surface area contributed by atoms with Crippen molar-refractivity contribution in [2.24, 2.45) is 5.41 Å². The molecule has 1 spiro atoms. The summed E-state index contributed by atoms with van der Waals surface area (Å²) in [5, 5.41) is 0. The highest BCUT2D eigenvalue weighted by Gasteiger charge is 2.47. The average Bonchev–Trinajstić information content (AvgIpc) is 2.21. The standard InChI is InChI=1S/C13H30N2Si2/c1-14-11-13(7-9-16(14,3)4)8-10-17(5,6)15(2)12-13/h7-12H2,1-6H3. The third-order valence-electron chi connectivity index (χ3n) is 5.75. The Labute approximate surface area is 110 Å². The zero-order valence-corrected chi connectivity index (χ0v) is 14.6. The Morgan fingerprint density at radius 3 is 1.41 bits per heavy atom. The van der Waals surface area contributed by atoms with Gasteiger partial charge >= 0.3 is 0 Å². The van der Waals surface area contributed by atoms with Gasteiger partial charge in [0.15, 0.2) is 0 Å². The molecular formula is C13H30N2Si2. The van der Waals surface area contributed by atoms with Crippen LogP contribution < -0.4 is 0 Å². The van der Waals surface area contributed by atoms with Crippen LogP contribution in [0.15, 0.2) is 0 Å². The molecule has 0 atom stereocenters. The first-order valence-electron chi connectivity index (χ1n) is 7.10. The van der Waals surface area contributed by atoms with Gasteiger partial charge in [0, 0.05) is 0 Å². The van der Waals surface area contributed by atoms with Crippen LogP contribution in [0.3, 0.4) is 0 Å². The fourth-order valence-electron chi connectivity index (χ4n) is 3.45. The van der Waals surface area contributed by atoms with Gasteiger partial charge in [0.2, 0.25) is 0 Å². The molecule has 0 radical (unpaired) electrons. The molecule has 0 bridgehead atoms. The molecule has 2 aliphatic rings. The topological polar surface area (TPSA) is 6.48 Å². The van der Waals surface area contributed by atoms with E-state index < -0.39 is 16.5 Å². The fourth-order valence-corrected chi connectivity index (χ4v) is 8.02. The summed E-state index contributed by atoms with van der Waals surface area (Å²) in [7, 11) is 2.69. The lowest BCUT2D eigenvalue weighted by molar-refractivity contribution is 0.134. The van der Waals surface area contributed by atoms with Crippen LogP contribution in [-0.2, 0) is 0 Å². The van der Waals surface area contributed by atoms with Gasteiger partial charge in [0.1, 0.15) is 16.5 Å². The van der Waals surface area contributed by atoms with Gasteiger partial charge in [0.25, 0.3) is 0 Å². The van der Waals surface area contributed by atoms with E-state index in [1.54, 1.807) is 0 Å². The van der Waals surface area contributed by atoms with Crippen LogP contribution in [0.5, 0.6) is 0 Å². The van der Waals surface area contributed by atoms with Crippen LogP contribution >= 0.6 is 0 Å². The molecule has 0 aromatic carbocycles. The van der Waals surface area contributed by atoms with Gasteiger partial charge in [-0.2, -0.15) is 0 Å². The van der Waals surface area contributed by atoms with Crippen LogP contribution in [0, 0.1) is 5.41 Å². The van der Waals surface area contributed by atoms with E-state index in [-0.39, 0.29) is 0 Å². The molecule has 100 valence electrons. The highest BCUT2D eigenvalue weighted by molar-refractivity contribution is 6.75. The molecule has 2 rings (SSSR count). The zero-order valence-electron chi connectivity index (χ0n) is 12.6. The van der Waals surface area contributed by atoms with Crippen molar-refractivity contribution in [3.8, 4) is 0 Å². The number of rotatable bonds is 0. The third-order valence-corrected chi connectivity index (χ3v) is 13.1. The first-order chi connectivity index (χ1) is 7.67. The lowest BCUT2D eigenvalue weighted by Crippen LogP contribution is -2.63. The van der Waals surface area contributed by atoms with Crippen molar-refractivity contribution in [1.82, 2.24) is 9.13 Å². The summed E-state index contributed by atoms with van der Waals surface area (Å²) in [6.07, 6.45) is 2.98. The van der Waals surface area contributed by atoms with Crippen LogP contribution in [-0.4, -0.2) is 52.8 Å². The maximum atomic E-state index is 2.74. The van der Waals surface area contributed by atoms with Gasteiger partial charge in [-0.15, -0.1) is 0 Å². The second-order valence-electron chi connectivity index (χ2n) is 7.84. The monoisotopic (exact) mass is 270 g/mol. The summed E-state index contributed by atoms with van der Waals surface area (Å²) in [6, 6.07) is 3.00. The van der Waals surface area contributed by atoms with Crippen molar-refractivity contribution in [1.29, 1.82) is 0 Å². The minimum atomic E-state index is -1.04. The summed E-state index contributed by atoms with van der Waals surface area (Å²) in [4.78, 5) is 0. The largest absolute Gasteiger partial charge is 0.326 e. The normalized spacial score (nSPS) is 32.8. The molecule has 0 aromatic rings. The van der Waals surface area contributed by atoms with Crippen molar-refractivity contribution in [2.75, 3.05) is 27.2 Å². The van der Waals surface area contributed by atoms with E-state index in [4.69, 9.17) is 0 Å². The maximum absolute atomic E-state index is 2.74. The van der Waals surface area contributed by atoms with E-state index in [1.165, 1.54) is 38.0 Å². The Kier molecular flexibility index (Phi) is 3.39. The summed E-state index contributed by atoms with van der Waals surface area (Å²) in [5.74, 6) is 0. The van der Waals surface area contributed by atoms with Crippen molar-refractivity contribution < 1.29 is 0 Å². The number of hydrogen-bond acceptors (Lipinski definition) is 2. The molecule has 4 heteroatoms. The van der Waals surface area contributed by atoms with Crippen molar-refractivity contribution in [3.63, 3.8) is 0 Å². The van der Waals surface area contributed by atoms with E-state index in [2.05, 4.69) is 49.4 Å². The molecule has 2 fully saturated rings. The highest BCUT2D eigenvalue weighted by Crippen LogP contribution is 2.44. The average molecular weight is 271 g/mol.